The number of carboxylic acids is 1. The first kappa shape index (κ1) is 11.1. The number of aliphatic carboxylic acids is 1. The van der Waals surface area contributed by atoms with E-state index in [0.717, 1.165) is 0 Å². The first-order valence-electron chi connectivity index (χ1n) is 1.24. The van der Waals surface area contributed by atoms with Gasteiger partial charge in [0.2, 0.25) is 0 Å². The van der Waals surface area contributed by atoms with Crippen molar-refractivity contribution in [3.8, 4) is 0 Å². The molecule has 0 saturated carbocycles. The third-order valence-corrected chi connectivity index (χ3v) is 0.404. The zero-order chi connectivity index (χ0) is 6.08. The van der Waals surface area contributed by atoms with Crippen molar-refractivity contribution in [2.75, 3.05) is 0 Å². The van der Waals surface area contributed by atoms with Gasteiger partial charge in [-0.2, -0.15) is 8.78 Å². The molecule has 0 rings (SSSR count). The molecule has 0 unspecified atom stereocenters. The van der Waals surface area contributed by atoms with Gasteiger partial charge in [-0.05, 0) is 11.6 Å². The Hall–Kier alpha value is 0.217. The Morgan fingerprint density at radius 2 is 1.75 bits per heavy atom. The average Bonchev–Trinajstić information content (AvgIpc) is 1.31. The van der Waals surface area contributed by atoms with E-state index in [0.29, 0.717) is 0 Å². The van der Waals surface area contributed by atoms with Crippen LogP contribution in [0.4, 0.5) is 8.78 Å². The van der Waals surface area contributed by atoms with Crippen LogP contribution in [0.15, 0.2) is 0 Å². The van der Waals surface area contributed by atoms with Gasteiger partial charge in [0.25, 0.3) is 0 Å². The fourth-order valence-corrected chi connectivity index (χ4v) is 0. The minimum absolute atomic E-state index is 0. The normalized spacial score (nSPS) is 9.88. The molecule has 0 bridgehead atoms. The van der Waals surface area contributed by atoms with Crippen molar-refractivity contribution >= 4 is 36.4 Å². The molecule has 0 aliphatic heterocycles. The molecule has 0 atom stereocenters. The monoisotopic (exact) mass is 138 g/mol. The van der Waals surface area contributed by atoms with Crippen molar-refractivity contribution in [1.29, 1.82) is 0 Å². The van der Waals surface area contributed by atoms with Crippen LogP contribution in [0.25, 0.3) is 0 Å². The summed E-state index contributed by atoms with van der Waals surface area (Å²) in [5.74, 6) is -2.32. The van der Waals surface area contributed by atoms with Gasteiger partial charge in [-0.1, -0.05) is 0 Å². The Morgan fingerprint density at radius 3 is 1.75 bits per heavy atom. The van der Waals surface area contributed by atoms with Crippen molar-refractivity contribution < 1.29 is 18.7 Å². The molecule has 44 valence electrons. The van der Waals surface area contributed by atoms with E-state index in [2.05, 4.69) is 11.6 Å². The van der Waals surface area contributed by atoms with Gasteiger partial charge in [-0.3, -0.25) is 0 Å². The van der Waals surface area contributed by atoms with E-state index in [4.69, 9.17) is 9.90 Å². The minimum atomic E-state index is -4.11. The van der Waals surface area contributed by atoms with Gasteiger partial charge in [-0.15, -0.1) is 0 Å². The summed E-state index contributed by atoms with van der Waals surface area (Å²) >= 11 is 3.94. The number of alkyl halides is 3. The fourth-order valence-electron chi connectivity index (χ4n) is 0. The number of hydrogen-bond donors (Lipinski definition) is 1. The van der Waals surface area contributed by atoms with Crippen LogP contribution in [0.3, 0.4) is 0 Å². The van der Waals surface area contributed by atoms with Crippen molar-refractivity contribution in [3.05, 3.63) is 0 Å². The molecule has 0 aromatic rings. The molecule has 0 radical (unpaired) electrons. The number of halogens is 3. The van der Waals surface area contributed by atoms with Crippen LogP contribution < -0.4 is 0 Å². The summed E-state index contributed by atoms with van der Waals surface area (Å²) in [7, 11) is 0. The zero-order valence-electron chi connectivity index (χ0n) is 2.99. The van der Waals surface area contributed by atoms with Gasteiger partial charge in [-0.25, -0.2) is 4.79 Å². The van der Waals surface area contributed by atoms with Crippen molar-refractivity contribution in [1.82, 2.24) is 0 Å². The standard InChI is InChI=1S/C2HClF2O2.Li.H/c3-2(4,5)1(6)7;;/h(H,6,7);;. The molecule has 0 aliphatic rings. The van der Waals surface area contributed by atoms with Crippen LogP contribution in [0.5, 0.6) is 0 Å². The Balaban J connectivity index is 0. The second-order valence-corrected chi connectivity index (χ2v) is 1.28. The average molecular weight is 138 g/mol. The van der Waals surface area contributed by atoms with Crippen LogP contribution in [0.1, 0.15) is 0 Å². The summed E-state index contributed by atoms with van der Waals surface area (Å²) in [5, 5.41) is 3.26. The van der Waals surface area contributed by atoms with Crippen molar-refractivity contribution in [2.45, 2.75) is 5.38 Å². The summed E-state index contributed by atoms with van der Waals surface area (Å²) in [6, 6.07) is 0. The molecule has 1 N–H and O–H groups in total. The number of hydrogen-bond acceptors (Lipinski definition) is 1. The van der Waals surface area contributed by atoms with Crippen molar-refractivity contribution in [3.63, 3.8) is 0 Å². The predicted octanol–water partition coefficient (Wildman–Crippen LogP) is 0.254. The van der Waals surface area contributed by atoms with Gasteiger partial charge in [0.1, 0.15) is 0 Å². The third kappa shape index (κ3) is 4.38. The van der Waals surface area contributed by atoms with E-state index in [9.17, 15) is 8.78 Å². The number of carboxylic acid groups (broad SMARTS) is 1. The summed E-state index contributed by atoms with van der Waals surface area (Å²) in [6.07, 6.45) is 0. The van der Waals surface area contributed by atoms with E-state index in [-0.39, 0.29) is 18.9 Å². The molecule has 0 spiro atoms. The van der Waals surface area contributed by atoms with Gasteiger partial charge in [0, 0.05) is 0 Å². The van der Waals surface area contributed by atoms with Crippen LogP contribution >= 0.6 is 11.6 Å². The maximum atomic E-state index is 11.0. The zero-order valence-corrected chi connectivity index (χ0v) is 3.75. The molecule has 0 aromatic heterocycles. The quantitative estimate of drug-likeness (QED) is 0.417. The first-order chi connectivity index (χ1) is 2.94. The molecule has 0 amide bonds. The molecule has 0 saturated heterocycles. The SMILES string of the molecule is O=C(O)C(F)(F)Cl.[LiH]. The van der Waals surface area contributed by atoms with Crippen LogP contribution in [-0.2, 0) is 4.79 Å². The third-order valence-electron chi connectivity index (χ3n) is 0.243. The van der Waals surface area contributed by atoms with E-state index in [1.54, 1.807) is 0 Å². The molecular weight excluding hydrogens is 136 g/mol. The number of rotatable bonds is 1. The predicted molar refractivity (Wildman–Crippen MR) is 25.6 cm³/mol. The van der Waals surface area contributed by atoms with Crippen LogP contribution in [-0.4, -0.2) is 35.3 Å². The van der Waals surface area contributed by atoms with E-state index < -0.39 is 11.4 Å². The molecule has 0 fully saturated rings. The van der Waals surface area contributed by atoms with E-state index in [1.807, 2.05) is 0 Å². The molecular formula is C2H2ClF2LiO2. The van der Waals surface area contributed by atoms with Gasteiger partial charge in [0.15, 0.2) is 0 Å². The van der Waals surface area contributed by atoms with Crippen LogP contribution in [0.2, 0.25) is 0 Å². The second-order valence-electron chi connectivity index (χ2n) is 0.803. The summed E-state index contributed by atoms with van der Waals surface area (Å²) in [6.45, 7) is 0. The van der Waals surface area contributed by atoms with Crippen molar-refractivity contribution in [2.24, 2.45) is 0 Å². The molecule has 2 nitrogen and oxygen atoms in total. The maximum absolute atomic E-state index is 11.0. The fraction of sp³-hybridized carbons (Fsp3) is 0.500. The van der Waals surface area contributed by atoms with E-state index in [1.165, 1.54) is 0 Å². The molecule has 0 aliphatic carbocycles. The second kappa shape index (κ2) is 3.28. The topological polar surface area (TPSA) is 37.3 Å². The van der Waals surface area contributed by atoms with Crippen LogP contribution in [0, 0.1) is 0 Å². The Labute approximate surface area is 61.0 Å². The summed E-state index contributed by atoms with van der Waals surface area (Å²) < 4.78 is 22.0. The molecule has 8 heavy (non-hydrogen) atoms. The summed E-state index contributed by atoms with van der Waals surface area (Å²) in [4.78, 5) is 9.14. The molecule has 0 heterocycles. The Kier molecular flexibility index (Phi) is 4.55. The molecule has 6 heteroatoms. The number of carbonyl (C=O) groups is 1. The first-order valence-corrected chi connectivity index (χ1v) is 1.62. The Morgan fingerprint density at radius 1 is 1.62 bits per heavy atom. The van der Waals surface area contributed by atoms with Gasteiger partial charge in [0.05, 0.1) is 0 Å². The Bertz CT molecular complexity index is 90.5. The summed E-state index contributed by atoms with van der Waals surface area (Å²) in [5.41, 5.74) is 0. The van der Waals surface area contributed by atoms with Gasteiger partial charge < -0.3 is 5.11 Å². The van der Waals surface area contributed by atoms with Gasteiger partial charge >= 0.3 is 30.2 Å². The van der Waals surface area contributed by atoms with E-state index >= 15 is 0 Å². The molecule has 0 aromatic carbocycles.